The quantitative estimate of drug-likeness (QED) is 0.505. The number of nitrogens with one attached hydrogen (secondary N) is 2. The van der Waals surface area contributed by atoms with Crippen LogP contribution in [0.25, 0.3) is 0 Å². The molecular weight excluding hydrogens is 488 g/mol. The van der Waals surface area contributed by atoms with E-state index in [1.165, 1.54) is 0 Å². The molecule has 6 nitrogen and oxygen atoms in total. The summed E-state index contributed by atoms with van der Waals surface area (Å²) in [5.41, 5.74) is 1.30. The number of carbonyl (C=O) groups is 2. The zero-order chi connectivity index (χ0) is 26.5. The molecule has 2 aromatic rings. The number of Topliss-reactive ketones (excluding diaryl/α,β-unsaturated/α-hetero) is 1. The van der Waals surface area contributed by atoms with Gasteiger partial charge in [0, 0.05) is 44.9 Å². The third kappa shape index (κ3) is 3.09. The van der Waals surface area contributed by atoms with Gasteiger partial charge in [-0.2, -0.15) is 0 Å². The van der Waals surface area contributed by atoms with Gasteiger partial charge >= 0.3 is 0 Å². The number of para-hydroxylation sites is 1. The van der Waals surface area contributed by atoms with Crippen LogP contribution in [0.5, 0.6) is 11.5 Å². The monoisotopic (exact) mass is 522 g/mol. The molecule has 2 aliphatic carbocycles. The highest BCUT2D eigenvalue weighted by molar-refractivity contribution is 6.32. The number of phenolic OH excluding ortho intramolecular Hbond substituents is 1. The topological polar surface area (TPSA) is 87.7 Å². The van der Waals surface area contributed by atoms with Crippen molar-refractivity contribution in [3.8, 4) is 11.5 Å². The molecule has 0 bridgehead atoms. The van der Waals surface area contributed by atoms with E-state index in [0.29, 0.717) is 40.7 Å². The highest BCUT2D eigenvalue weighted by Gasteiger charge is 2.69. The lowest BCUT2D eigenvalue weighted by molar-refractivity contribution is -0.212. The van der Waals surface area contributed by atoms with Gasteiger partial charge in [-0.05, 0) is 44.4 Å². The zero-order valence-corrected chi connectivity index (χ0v) is 22.8. The van der Waals surface area contributed by atoms with Crippen molar-refractivity contribution in [3.05, 3.63) is 57.6 Å². The number of phenols is 1. The van der Waals surface area contributed by atoms with Crippen molar-refractivity contribution in [2.75, 3.05) is 7.05 Å². The van der Waals surface area contributed by atoms with Gasteiger partial charge in [-0.25, -0.2) is 0 Å². The number of aromatic hydroxyl groups is 1. The van der Waals surface area contributed by atoms with Gasteiger partial charge in [-0.3, -0.25) is 9.59 Å². The number of fused-ring (bicyclic) bond motifs is 3. The molecule has 2 fully saturated rings. The van der Waals surface area contributed by atoms with Crippen molar-refractivity contribution in [2.24, 2.45) is 22.7 Å². The minimum Gasteiger partial charge on any atom is -0.508 e. The number of hydrogen-bond acceptors (Lipinski definition) is 5. The zero-order valence-electron chi connectivity index (χ0n) is 22.1. The number of hydrogen-bond donors (Lipinski definition) is 3. The van der Waals surface area contributed by atoms with Crippen LogP contribution in [0.2, 0.25) is 5.02 Å². The number of benzene rings is 2. The summed E-state index contributed by atoms with van der Waals surface area (Å²) in [5.74, 6) is 1.14. The van der Waals surface area contributed by atoms with Crippen LogP contribution in [0.3, 0.4) is 0 Å². The Morgan fingerprint density at radius 3 is 2.59 bits per heavy atom. The SMILES string of the molecule is CN[C@@H]1C[C@@]23Oc4c(c(Cl)cc5c4C(c4ccccc4O)NC5=O)C[C@]2(C)[C@@H](C)CC[C@H]3C(C)(C)C1=O. The third-order valence-electron chi connectivity index (χ3n) is 10.4. The molecule has 0 aromatic heterocycles. The maximum absolute atomic E-state index is 13.6. The molecule has 1 spiro atoms. The number of halogens is 1. The standard InChI is InChI=1S/C30H35ClN2O4/c1-15-10-11-22-28(2,3)26(35)20(32-5)14-30(22)29(15,4)13-18-19(31)12-17-23(25(18)37-30)24(33-27(17)36)16-8-6-7-9-21(16)34/h6-9,12,15,20,22,24,32,34H,10-11,13-14H2,1-5H3,(H,33,36)/t15-,20+,22-,24?,29+,30-/m0/s1. The van der Waals surface area contributed by atoms with Crippen molar-refractivity contribution in [3.63, 3.8) is 0 Å². The van der Waals surface area contributed by atoms with Crippen LogP contribution in [0.1, 0.15) is 80.0 Å². The van der Waals surface area contributed by atoms with E-state index in [-0.39, 0.29) is 34.8 Å². The summed E-state index contributed by atoms with van der Waals surface area (Å²) in [4.78, 5) is 26.7. The number of carbonyl (C=O) groups excluding carboxylic acids is 2. The lowest BCUT2D eigenvalue weighted by Crippen LogP contribution is -2.73. The highest BCUT2D eigenvalue weighted by atomic mass is 35.5. The lowest BCUT2D eigenvalue weighted by Gasteiger charge is -2.66. The molecule has 2 aromatic carbocycles. The van der Waals surface area contributed by atoms with Crippen LogP contribution < -0.4 is 15.4 Å². The Bertz CT molecular complexity index is 1340. The van der Waals surface area contributed by atoms with E-state index in [1.54, 1.807) is 18.2 Å². The maximum Gasteiger partial charge on any atom is 0.252 e. The molecule has 0 saturated heterocycles. The van der Waals surface area contributed by atoms with Crippen molar-refractivity contribution >= 4 is 23.3 Å². The minimum absolute atomic E-state index is 0.0229. The van der Waals surface area contributed by atoms with Crippen LogP contribution in [-0.2, 0) is 11.2 Å². The summed E-state index contributed by atoms with van der Waals surface area (Å²) >= 11 is 6.89. The van der Waals surface area contributed by atoms with Crippen LogP contribution >= 0.6 is 11.6 Å². The molecule has 4 aliphatic rings. The first kappa shape index (κ1) is 24.7. The number of amides is 1. The first-order chi connectivity index (χ1) is 17.5. The smallest absolute Gasteiger partial charge is 0.252 e. The molecule has 1 amide bonds. The first-order valence-electron chi connectivity index (χ1n) is 13.3. The van der Waals surface area contributed by atoms with E-state index in [1.807, 2.05) is 19.2 Å². The molecule has 0 radical (unpaired) electrons. The molecule has 2 heterocycles. The van der Waals surface area contributed by atoms with E-state index in [4.69, 9.17) is 16.3 Å². The fourth-order valence-electron chi connectivity index (χ4n) is 8.14. The highest BCUT2D eigenvalue weighted by Crippen LogP contribution is 2.66. The maximum atomic E-state index is 13.6. The van der Waals surface area contributed by atoms with Crippen molar-refractivity contribution in [2.45, 2.75) is 71.1 Å². The Labute approximate surface area is 223 Å². The average Bonchev–Trinajstić information content (AvgIpc) is 3.18. The second-order valence-electron chi connectivity index (χ2n) is 12.3. The van der Waals surface area contributed by atoms with E-state index >= 15 is 0 Å². The molecule has 6 atom stereocenters. The van der Waals surface area contributed by atoms with E-state index in [9.17, 15) is 14.7 Å². The van der Waals surface area contributed by atoms with Gasteiger partial charge in [0.05, 0.1) is 17.6 Å². The molecule has 7 heteroatoms. The van der Waals surface area contributed by atoms with Gasteiger partial charge < -0.3 is 20.5 Å². The third-order valence-corrected chi connectivity index (χ3v) is 10.8. The summed E-state index contributed by atoms with van der Waals surface area (Å²) in [7, 11) is 1.85. The summed E-state index contributed by atoms with van der Waals surface area (Å²) < 4.78 is 7.33. The Kier molecular flexibility index (Phi) is 5.33. The fourth-order valence-corrected chi connectivity index (χ4v) is 8.40. The van der Waals surface area contributed by atoms with Gasteiger partial charge in [-0.15, -0.1) is 0 Å². The van der Waals surface area contributed by atoms with Gasteiger partial charge in [0.1, 0.15) is 17.1 Å². The molecule has 37 heavy (non-hydrogen) atoms. The number of likely N-dealkylation sites (N-methyl/N-ethyl adjacent to an activating group) is 1. The van der Waals surface area contributed by atoms with Gasteiger partial charge in [0.2, 0.25) is 0 Å². The van der Waals surface area contributed by atoms with E-state index < -0.39 is 17.1 Å². The summed E-state index contributed by atoms with van der Waals surface area (Å²) in [5, 5.41) is 17.6. The van der Waals surface area contributed by atoms with Crippen LogP contribution in [0, 0.1) is 22.7 Å². The van der Waals surface area contributed by atoms with Crippen LogP contribution in [0.15, 0.2) is 30.3 Å². The Morgan fingerprint density at radius 1 is 1.16 bits per heavy atom. The average molecular weight is 523 g/mol. The predicted molar refractivity (Wildman–Crippen MR) is 142 cm³/mol. The molecular formula is C30H35ClN2O4. The first-order valence-corrected chi connectivity index (χ1v) is 13.7. The summed E-state index contributed by atoms with van der Waals surface area (Å²) in [6, 6.07) is 7.96. The fraction of sp³-hybridized carbons (Fsp3) is 0.533. The van der Waals surface area contributed by atoms with Gasteiger partial charge in [0.15, 0.2) is 5.78 Å². The van der Waals surface area contributed by atoms with Crippen molar-refractivity contribution < 1.29 is 19.4 Å². The van der Waals surface area contributed by atoms with E-state index in [2.05, 4.69) is 38.3 Å². The Balaban J connectivity index is 1.61. The molecule has 196 valence electrons. The molecule has 2 aliphatic heterocycles. The van der Waals surface area contributed by atoms with Crippen molar-refractivity contribution in [1.82, 2.24) is 10.6 Å². The molecule has 2 saturated carbocycles. The van der Waals surface area contributed by atoms with Crippen LogP contribution in [0.4, 0.5) is 0 Å². The Hall–Kier alpha value is -2.57. The second-order valence-corrected chi connectivity index (χ2v) is 12.7. The lowest BCUT2D eigenvalue weighted by atomic mass is 9.43. The van der Waals surface area contributed by atoms with E-state index in [0.717, 1.165) is 24.0 Å². The summed E-state index contributed by atoms with van der Waals surface area (Å²) in [6.07, 6.45) is 3.20. The molecule has 1 unspecified atom stereocenters. The number of rotatable bonds is 2. The largest absolute Gasteiger partial charge is 0.508 e. The summed E-state index contributed by atoms with van der Waals surface area (Å²) in [6.45, 7) is 8.73. The predicted octanol–water partition coefficient (Wildman–Crippen LogP) is 5.19. The number of ether oxygens (including phenoxy) is 1. The van der Waals surface area contributed by atoms with Crippen LogP contribution in [-0.4, -0.2) is 35.5 Å². The van der Waals surface area contributed by atoms with Crippen molar-refractivity contribution in [1.29, 1.82) is 0 Å². The number of ketones is 1. The molecule has 6 rings (SSSR count). The normalized spacial score (nSPS) is 35.5. The minimum atomic E-state index is -0.615. The van der Waals surface area contributed by atoms with Gasteiger partial charge in [-0.1, -0.05) is 57.5 Å². The second kappa shape index (κ2) is 7.97. The molecule has 3 N–H and O–H groups in total. The van der Waals surface area contributed by atoms with Gasteiger partial charge in [0.25, 0.3) is 5.91 Å². The Morgan fingerprint density at radius 2 is 1.89 bits per heavy atom.